The first-order valence-electron chi connectivity index (χ1n) is 8.69. The molecule has 140 valence electrons. The Morgan fingerprint density at radius 1 is 1.12 bits per heavy atom. The number of carbonyl (C=O) groups excluding carboxylic acids is 1. The molecule has 0 saturated carbocycles. The van der Waals surface area contributed by atoms with Crippen molar-refractivity contribution in [3.05, 3.63) is 57.6 Å². The predicted molar refractivity (Wildman–Crippen MR) is 105 cm³/mol. The summed E-state index contributed by atoms with van der Waals surface area (Å²) in [6.45, 7) is 10.4. The summed E-state index contributed by atoms with van der Waals surface area (Å²) < 4.78 is 11.5. The van der Waals surface area contributed by atoms with Crippen molar-refractivity contribution in [2.75, 3.05) is 13.2 Å². The number of hydrogen-bond acceptors (Lipinski definition) is 3. The molecule has 2 aromatic carbocycles. The van der Waals surface area contributed by atoms with Gasteiger partial charge in [0.2, 0.25) is 0 Å². The molecule has 4 nitrogen and oxygen atoms in total. The van der Waals surface area contributed by atoms with Gasteiger partial charge >= 0.3 is 0 Å². The van der Waals surface area contributed by atoms with Crippen LogP contribution in [0.4, 0.5) is 0 Å². The molecule has 0 radical (unpaired) electrons. The van der Waals surface area contributed by atoms with E-state index in [0.29, 0.717) is 18.9 Å². The van der Waals surface area contributed by atoms with E-state index in [1.165, 1.54) is 5.56 Å². The molecule has 26 heavy (non-hydrogen) atoms. The summed E-state index contributed by atoms with van der Waals surface area (Å²) in [5, 5.41) is 3.55. The molecule has 0 aliphatic heterocycles. The van der Waals surface area contributed by atoms with Crippen LogP contribution in [0.15, 0.2) is 30.3 Å². The van der Waals surface area contributed by atoms with Gasteiger partial charge in [-0.25, -0.2) is 0 Å². The minimum Gasteiger partial charge on any atom is -0.491 e. The van der Waals surface area contributed by atoms with Gasteiger partial charge in [-0.3, -0.25) is 4.79 Å². The maximum absolute atomic E-state index is 12.2. The number of nitrogens with one attached hydrogen (secondary N) is 1. The van der Waals surface area contributed by atoms with Crippen LogP contribution in [0.5, 0.6) is 11.5 Å². The Kier molecular flexibility index (Phi) is 6.92. The van der Waals surface area contributed by atoms with Gasteiger partial charge in [-0.1, -0.05) is 23.7 Å². The summed E-state index contributed by atoms with van der Waals surface area (Å²) in [6, 6.07) is 9.61. The molecule has 5 heteroatoms. The fraction of sp³-hybridized carbons (Fsp3) is 0.381. The average molecular weight is 376 g/mol. The van der Waals surface area contributed by atoms with Crippen LogP contribution in [-0.4, -0.2) is 25.2 Å². The number of aryl methyl sites for hydroxylation is 3. The standard InChI is InChI=1S/C21H26ClNO3/c1-13-7-6-8-19(16(13)4)25-10-9-23-21(24)17(5)26-18-11-14(2)20(22)15(3)12-18/h6-8,11-12,17H,9-10H2,1-5H3,(H,23,24)/t17-/m0/s1. The maximum atomic E-state index is 12.2. The second kappa shape index (κ2) is 8.95. The molecule has 0 unspecified atom stereocenters. The number of rotatable bonds is 7. The summed E-state index contributed by atoms with van der Waals surface area (Å²) in [6.07, 6.45) is -0.601. The normalized spacial score (nSPS) is 11.8. The molecule has 0 aliphatic rings. The Labute approximate surface area is 160 Å². The van der Waals surface area contributed by atoms with Gasteiger partial charge in [0.05, 0.1) is 6.54 Å². The highest BCUT2D eigenvalue weighted by Gasteiger charge is 2.15. The van der Waals surface area contributed by atoms with Crippen molar-refractivity contribution in [2.24, 2.45) is 0 Å². The van der Waals surface area contributed by atoms with Gasteiger partial charge in [-0.05, 0) is 75.1 Å². The van der Waals surface area contributed by atoms with Crippen LogP contribution in [0.2, 0.25) is 5.02 Å². The van der Waals surface area contributed by atoms with Crippen molar-refractivity contribution >= 4 is 17.5 Å². The average Bonchev–Trinajstić information content (AvgIpc) is 2.59. The highest BCUT2D eigenvalue weighted by molar-refractivity contribution is 6.32. The number of ether oxygens (including phenoxy) is 2. The first-order valence-corrected chi connectivity index (χ1v) is 9.07. The summed E-state index contributed by atoms with van der Waals surface area (Å²) in [7, 11) is 0. The molecule has 1 N–H and O–H groups in total. The summed E-state index contributed by atoms with van der Waals surface area (Å²) >= 11 is 6.16. The van der Waals surface area contributed by atoms with Gasteiger partial charge in [0, 0.05) is 5.02 Å². The SMILES string of the molecule is Cc1cccc(OCCNC(=O)[C@H](C)Oc2cc(C)c(Cl)c(C)c2)c1C. The number of hydrogen-bond donors (Lipinski definition) is 1. The minimum absolute atomic E-state index is 0.181. The van der Waals surface area contributed by atoms with Crippen LogP contribution in [0, 0.1) is 27.7 Å². The molecular formula is C21H26ClNO3. The van der Waals surface area contributed by atoms with E-state index in [2.05, 4.69) is 5.32 Å². The Hall–Kier alpha value is -2.20. The molecule has 0 heterocycles. The quantitative estimate of drug-likeness (QED) is 0.723. The van der Waals surface area contributed by atoms with E-state index in [4.69, 9.17) is 21.1 Å². The lowest BCUT2D eigenvalue weighted by Crippen LogP contribution is -2.38. The highest BCUT2D eigenvalue weighted by atomic mass is 35.5. The fourth-order valence-electron chi connectivity index (χ4n) is 2.59. The predicted octanol–water partition coefficient (Wildman–Crippen LogP) is 4.54. The van der Waals surface area contributed by atoms with Crippen molar-refractivity contribution in [2.45, 2.75) is 40.7 Å². The Morgan fingerprint density at radius 3 is 2.42 bits per heavy atom. The van der Waals surface area contributed by atoms with Gasteiger partial charge < -0.3 is 14.8 Å². The Balaban J connectivity index is 1.81. The van der Waals surface area contributed by atoms with E-state index >= 15 is 0 Å². The van der Waals surface area contributed by atoms with Crippen LogP contribution in [-0.2, 0) is 4.79 Å². The van der Waals surface area contributed by atoms with Crippen LogP contribution >= 0.6 is 11.6 Å². The van der Waals surface area contributed by atoms with Gasteiger partial charge in [0.25, 0.3) is 5.91 Å². The second-order valence-electron chi connectivity index (χ2n) is 6.47. The third kappa shape index (κ3) is 5.15. The molecule has 0 aromatic heterocycles. The van der Waals surface area contributed by atoms with Crippen molar-refractivity contribution < 1.29 is 14.3 Å². The zero-order valence-corrected chi connectivity index (χ0v) is 16.7. The Morgan fingerprint density at radius 2 is 1.77 bits per heavy atom. The molecule has 2 rings (SSSR count). The smallest absolute Gasteiger partial charge is 0.260 e. The van der Waals surface area contributed by atoms with E-state index < -0.39 is 6.10 Å². The second-order valence-corrected chi connectivity index (χ2v) is 6.85. The molecule has 0 fully saturated rings. The Bertz CT molecular complexity index is 766. The molecule has 1 amide bonds. The van der Waals surface area contributed by atoms with Crippen LogP contribution in [0.1, 0.15) is 29.2 Å². The van der Waals surface area contributed by atoms with Gasteiger partial charge in [-0.15, -0.1) is 0 Å². The van der Waals surface area contributed by atoms with E-state index in [9.17, 15) is 4.79 Å². The summed E-state index contributed by atoms with van der Waals surface area (Å²) in [4.78, 5) is 12.2. The topological polar surface area (TPSA) is 47.6 Å². The fourth-order valence-corrected chi connectivity index (χ4v) is 2.70. The monoisotopic (exact) mass is 375 g/mol. The van der Waals surface area contributed by atoms with Gasteiger partial charge in [-0.2, -0.15) is 0 Å². The number of benzene rings is 2. The van der Waals surface area contributed by atoms with E-state index in [1.807, 2.05) is 58.0 Å². The molecule has 0 spiro atoms. The number of amides is 1. The van der Waals surface area contributed by atoms with Gasteiger partial charge in [0.1, 0.15) is 18.1 Å². The van der Waals surface area contributed by atoms with Crippen LogP contribution in [0.3, 0.4) is 0 Å². The zero-order chi connectivity index (χ0) is 19.3. The first kappa shape index (κ1) is 20.1. The third-order valence-corrected chi connectivity index (χ3v) is 4.90. The van der Waals surface area contributed by atoms with Crippen molar-refractivity contribution in [3.63, 3.8) is 0 Å². The van der Waals surface area contributed by atoms with Gasteiger partial charge in [0.15, 0.2) is 6.10 Å². The van der Waals surface area contributed by atoms with Crippen molar-refractivity contribution in [1.82, 2.24) is 5.32 Å². The number of halogens is 1. The summed E-state index contributed by atoms with van der Waals surface area (Å²) in [5.74, 6) is 1.30. The van der Waals surface area contributed by atoms with Crippen molar-refractivity contribution in [1.29, 1.82) is 0 Å². The molecule has 2 aromatic rings. The van der Waals surface area contributed by atoms with Crippen LogP contribution < -0.4 is 14.8 Å². The molecular weight excluding hydrogens is 350 g/mol. The largest absolute Gasteiger partial charge is 0.491 e. The minimum atomic E-state index is -0.601. The van der Waals surface area contributed by atoms with E-state index in [-0.39, 0.29) is 5.91 Å². The first-order chi connectivity index (χ1) is 12.3. The van der Waals surface area contributed by atoms with E-state index in [1.54, 1.807) is 6.92 Å². The highest BCUT2D eigenvalue weighted by Crippen LogP contribution is 2.26. The summed E-state index contributed by atoms with van der Waals surface area (Å²) in [5.41, 5.74) is 4.15. The number of carbonyl (C=O) groups is 1. The third-order valence-electron chi connectivity index (χ3n) is 4.31. The van der Waals surface area contributed by atoms with Crippen LogP contribution in [0.25, 0.3) is 0 Å². The van der Waals surface area contributed by atoms with E-state index in [0.717, 1.165) is 27.5 Å². The lowest BCUT2D eigenvalue weighted by Gasteiger charge is -2.17. The van der Waals surface area contributed by atoms with Crippen molar-refractivity contribution in [3.8, 4) is 11.5 Å². The molecule has 0 aliphatic carbocycles. The zero-order valence-electron chi connectivity index (χ0n) is 16.0. The molecule has 0 saturated heterocycles. The molecule has 0 bridgehead atoms. The maximum Gasteiger partial charge on any atom is 0.260 e. The molecule has 1 atom stereocenters. The lowest BCUT2D eigenvalue weighted by atomic mass is 10.1. The lowest BCUT2D eigenvalue weighted by molar-refractivity contribution is -0.127.